The van der Waals surface area contributed by atoms with Gasteiger partial charge in [-0.1, -0.05) is 60.5 Å². The van der Waals surface area contributed by atoms with Crippen molar-refractivity contribution in [1.29, 1.82) is 0 Å². The van der Waals surface area contributed by atoms with Gasteiger partial charge in [-0.15, -0.1) is 0 Å². The van der Waals surface area contributed by atoms with Crippen LogP contribution >= 0.6 is 0 Å². The summed E-state index contributed by atoms with van der Waals surface area (Å²) in [5.41, 5.74) is 3.09. The van der Waals surface area contributed by atoms with E-state index in [1.54, 1.807) is 36.4 Å². The van der Waals surface area contributed by atoms with Crippen LogP contribution in [0.25, 0.3) is 0 Å². The molecule has 0 spiro atoms. The molecule has 1 atom stereocenters. The molecule has 3 aromatic rings. The number of rotatable bonds is 11. The van der Waals surface area contributed by atoms with Crippen molar-refractivity contribution in [3.8, 4) is 5.75 Å². The molecule has 0 bridgehead atoms. The summed E-state index contributed by atoms with van der Waals surface area (Å²) in [6, 6.07) is 19.9. The molecule has 0 radical (unpaired) electrons. The van der Waals surface area contributed by atoms with Crippen LogP contribution in [0.3, 0.4) is 0 Å². The van der Waals surface area contributed by atoms with Crippen molar-refractivity contribution in [1.82, 2.24) is 10.2 Å². The Kier molecular flexibility index (Phi) is 9.52. The monoisotopic (exact) mass is 537 g/mol. The molecule has 38 heavy (non-hydrogen) atoms. The lowest BCUT2D eigenvalue weighted by molar-refractivity contribution is -0.140. The van der Waals surface area contributed by atoms with Gasteiger partial charge >= 0.3 is 0 Å². The highest BCUT2D eigenvalue weighted by atomic mass is 32.2. The third-order valence-electron chi connectivity index (χ3n) is 6.33. The fourth-order valence-electron chi connectivity index (χ4n) is 4.11. The number of hydrogen-bond donors (Lipinski definition) is 1. The second-order valence-corrected chi connectivity index (χ2v) is 10.9. The molecule has 0 saturated heterocycles. The van der Waals surface area contributed by atoms with Crippen LogP contribution in [0.2, 0.25) is 0 Å². The minimum atomic E-state index is -4.13. The Morgan fingerprint density at radius 1 is 0.947 bits per heavy atom. The Hall–Kier alpha value is -3.85. The van der Waals surface area contributed by atoms with E-state index < -0.39 is 28.5 Å². The van der Waals surface area contributed by atoms with Crippen molar-refractivity contribution < 1.29 is 22.7 Å². The zero-order valence-electron chi connectivity index (χ0n) is 22.5. The Balaban J connectivity index is 2.07. The molecule has 9 heteroatoms. The third kappa shape index (κ3) is 6.72. The summed E-state index contributed by atoms with van der Waals surface area (Å²) in [6.07, 6.45) is 0.362. The minimum Gasteiger partial charge on any atom is -0.497 e. The molecule has 0 aliphatic carbocycles. The first-order valence-electron chi connectivity index (χ1n) is 12.4. The summed E-state index contributed by atoms with van der Waals surface area (Å²) in [7, 11) is -1.13. The number of nitrogens with one attached hydrogen (secondary N) is 1. The van der Waals surface area contributed by atoms with Gasteiger partial charge in [0, 0.05) is 19.7 Å². The van der Waals surface area contributed by atoms with E-state index in [-0.39, 0.29) is 23.0 Å². The highest BCUT2D eigenvalue weighted by Gasteiger charge is 2.33. The van der Waals surface area contributed by atoms with Gasteiger partial charge in [0.05, 0.1) is 17.7 Å². The summed E-state index contributed by atoms with van der Waals surface area (Å²) < 4.78 is 34.1. The largest absolute Gasteiger partial charge is 0.497 e. The maximum Gasteiger partial charge on any atom is 0.264 e. The van der Waals surface area contributed by atoms with Crippen LogP contribution in [-0.2, 0) is 26.2 Å². The van der Waals surface area contributed by atoms with Gasteiger partial charge in [0.15, 0.2) is 0 Å². The average molecular weight is 538 g/mol. The molecular formula is C29H35N3O5S. The molecule has 0 saturated carbocycles. The molecule has 0 aliphatic heterocycles. The first kappa shape index (κ1) is 28.7. The topological polar surface area (TPSA) is 96.0 Å². The van der Waals surface area contributed by atoms with Gasteiger partial charge in [-0.05, 0) is 50.1 Å². The molecule has 0 aromatic heterocycles. The van der Waals surface area contributed by atoms with Gasteiger partial charge in [-0.2, -0.15) is 0 Å². The van der Waals surface area contributed by atoms with Crippen LogP contribution in [0.1, 0.15) is 30.0 Å². The van der Waals surface area contributed by atoms with Crippen molar-refractivity contribution >= 4 is 27.5 Å². The van der Waals surface area contributed by atoms with E-state index in [4.69, 9.17) is 4.74 Å². The van der Waals surface area contributed by atoms with Gasteiger partial charge in [-0.3, -0.25) is 13.9 Å². The van der Waals surface area contributed by atoms with E-state index in [1.165, 1.54) is 31.2 Å². The number of anilines is 1. The lowest BCUT2D eigenvalue weighted by Gasteiger charge is -2.33. The van der Waals surface area contributed by atoms with Crippen LogP contribution in [0.5, 0.6) is 5.75 Å². The number of carbonyl (C=O) groups is 2. The van der Waals surface area contributed by atoms with Crippen LogP contribution in [0, 0.1) is 13.8 Å². The van der Waals surface area contributed by atoms with Crippen molar-refractivity contribution in [3.05, 3.63) is 89.5 Å². The fourth-order valence-corrected chi connectivity index (χ4v) is 5.51. The standard InChI is InChI=1S/C29H35N3O5S/c1-6-27(29(34)30-4)31(19-23-14-10-21(2)11-15-23)28(33)20-32(24-8-7-9-25(18-24)37-5)38(35,36)26-16-12-22(3)13-17-26/h7-18,27H,6,19-20H2,1-5H3,(H,30,34). The first-order chi connectivity index (χ1) is 18.1. The summed E-state index contributed by atoms with van der Waals surface area (Å²) in [5, 5.41) is 2.63. The van der Waals surface area contributed by atoms with Crippen molar-refractivity contribution in [2.24, 2.45) is 0 Å². The number of benzene rings is 3. The highest BCUT2D eigenvalue weighted by molar-refractivity contribution is 7.92. The van der Waals surface area contributed by atoms with E-state index in [0.29, 0.717) is 12.2 Å². The molecule has 202 valence electrons. The summed E-state index contributed by atoms with van der Waals surface area (Å²) >= 11 is 0. The first-order valence-corrected chi connectivity index (χ1v) is 13.8. The second kappa shape index (κ2) is 12.6. The number of ether oxygens (including phenoxy) is 1. The maximum absolute atomic E-state index is 13.9. The fraction of sp³-hybridized carbons (Fsp3) is 0.310. The normalized spacial score (nSPS) is 11.9. The molecule has 3 rings (SSSR count). The van der Waals surface area contributed by atoms with Gasteiger partial charge in [0.2, 0.25) is 11.8 Å². The lowest BCUT2D eigenvalue weighted by Crippen LogP contribution is -2.51. The summed E-state index contributed by atoms with van der Waals surface area (Å²) in [6.45, 7) is 5.31. The van der Waals surface area contributed by atoms with E-state index in [9.17, 15) is 18.0 Å². The maximum atomic E-state index is 13.9. The highest BCUT2D eigenvalue weighted by Crippen LogP contribution is 2.28. The number of sulfonamides is 1. The van der Waals surface area contributed by atoms with E-state index >= 15 is 0 Å². The number of likely N-dealkylation sites (N-methyl/N-ethyl adjacent to an activating group) is 1. The van der Waals surface area contributed by atoms with Gasteiger partial charge in [-0.25, -0.2) is 8.42 Å². The van der Waals surface area contributed by atoms with Crippen LogP contribution < -0.4 is 14.4 Å². The van der Waals surface area contributed by atoms with Gasteiger partial charge in [0.1, 0.15) is 18.3 Å². The Morgan fingerprint density at radius 3 is 2.11 bits per heavy atom. The van der Waals surface area contributed by atoms with Crippen molar-refractivity contribution in [2.45, 2.75) is 44.7 Å². The SMILES string of the molecule is CCC(C(=O)NC)N(Cc1ccc(C)cc1)C(=O)CN(c1cccc(OC)c1)S(=O)(=O)c1ccc(C)cc1. The van der Waals surface area contributed by atoms with Crippen molar-refractivity contribution in [3.63, 3.8) is 0 Å². The van der Waals surface area contributed by atoms with Crippen LogP contribution in [0.4, 0.5) is 5.69 Å². The van der Waals surface area contributed by atoms with Crippen LogP contribution in [0.15, 0.2) is 77.7 Å². The van der Waals surface area contributed by atoms with E-state index in [0.717, 1.165) is 21.0 Å². The van der Waals surface area contributed by atoms with Gasteiger partial charge < -0.3 is 15.0 Å². The number of amides is 2. The molecule has 1 N–H and O–H groups in total. The number of methoxy groups -OCH3 is 1. The number of hydrogen-bond acceptors (Lipinski definition) is 5. The number of aryl methyl sites for hydroxylation is 2. The molecule has 2 amide bonds. The minimum absolute atomic E-state index is 0.0575. The molecular weight excluding hydrogens is 502 g/mol. The lowest BCUT2D eigenvalue weighted by atomic mass is 10.1. The smallest absolute Gasteiger partial charge is 0.264 e. The van der Waals surface area contributed by atoms with Crippen LogP contribution in [-0.4, -0.2) is 51.9 Å². The molecule has 0 fully saturated rings. The summed E-state index contributed by atoms with van der Waals surface area (Å²) in [4.78, 5) is 28.2. The molecule has 8 nitrogen and oxygen atoms in total. The quantitative estimate of drug-likeness (QED) is 0.398. The average Bonchev–Trinajstić information content (AvgIpc) is 2.92. The molecule has 1 unspecified atom stereocenters. The van der Waals surface area contributed by atoms with Gasteiger partial charge in [0.25, 0.3) is 10.0 Å². The Morgan fingerprint density at radius 2 is 1.55 bits per heavy atom. The molecule has 0 aliphatic rings. The van der Waals surface area contributed by atoms with E-state index in [2.05, 4.69) is 5.32 Å². The third-order valence-corrected chi connectivity index (χ3v) is 8.12. The number of nitrogens with zero attached hydrogens (tertiary/aromatic N) is 2. The Labute approximate surface area is 225 Å². The number of carbonyl (C=O) groups excluding carboxylic acids is 2. The zero-order valence-corrected chi connectivity index (χ0v) is 23.3. The predicted octanol–water partition coefficient (Wildman–Crippen LogP) is 4.06. The molecule has 3 aromatic carbocycles. The second-order valence-electron chi connectivity index (χ2n) is 9.07. The zero-order chi connectivity index (χ0) is 27.9. The predicted molar refractivity (Wildman–Crippen MR) is 149 cm³/mol. The van der Waals surface area contributed by atoms with Crippen molar-refractivity contribution in [2.75, 3.05) is 25.0 Å². The Bertz CT molecular complexity index is 1360. The molecule has 0 heterocycles. The van der Waals surface area contributed by atoms with E-state index in [1.807, 2.05) is 45.0 Å². The summed E-state index contributed by atoms with van der Waals surface area (Å²) in [5.74, 6) is -0.367.